The third-order valence-corrected chi connectivity index (χ3v) is 6.99. The van der Waals surface area contributed by atoms with Crippen LogP contribution < -0.4 is 0 Å². The van der Waals surface area contributed by atoms with E-state index in [4.69, 9.17) is 0 Å². The molecule has 2 unspecified atom stereocenters. The molecule has 3 aliphatic rings. The quantitative estimate of drug-likeness (QED) is 0.436. The van der Waals surface area contributed by atoms with Gasteiger partial charge in [0.2, 0.25) is 0 Å². The van der Waals surface area contributed by atoms with Gasteiger partial charge in [0, 0.05) is 30.5 Å². The van der Waals surface area contributed by atoms with Crippen LogP contribution in [0.2, 0.25) is 0 Å². The second-order valence-electron chi connectivity index (χ2n) is 9.16. The van der Waals surface area contributed by atoms with Gasteiger partial charge in [-0.2, -0.15) is 0 Å². The maximum atomic E-state index is 2.60. The molecule has 6 rings (SSSR count). The Hall–Kier alpha value is -3.78. The Morgan fingerprint density at radius 3 is 2.42 bits per heavy atom. The van der Waals surface area contributed by atoms with Gasteiger partial charge in [-0.1, -0.05) is 96.6 Å². The average Bonchev–Trinajstić information content (AvgIpc) is 3.17. The highest BCUT2D eigenvalue weighted by Gasteiger charge is 2.36. The lowest BCUT2D eigenvalue weighted by atomic mass is 9.96. The lowest BCUT2D eigenvalue weighted by molar-refractivity contribution is 0.224. The van der Waals surface area contributed by atoms with Crippen molar-refractivity contribution in [2.24, 2.45) is 0 Å². The molecule has 0 bridgehead atoms. The van der Waals surface area contributed by atoms with Gasteiger partial charge in [-0.3, -0.25) is 0 Å². The second-order valence-corrected chi connectivity index (χ2v) is 9.16. The highest BCUT2D eigenvalue weighted by Crippen LogP contribution is 2.46. The topological polar surface area (TPSA) is 6.48 Å². The van der Waals surface area contributed by atoms with Crippen molar-refractivity contribution < 1.29 is 0 Å². The zero-order valence-corrected chi connectivity index (χ0v) is 18.9. The molecule has 0 aromatic heterocycles. The summed E-state index contributed by atoms with van der Waals surface area (Å²) in [6, 6.07) is 29.1. The van der Waals surface area contributed by atoms with Gasteiger partial charge in [0.15, 0.2) is 0 Å². The molecule has 2 nitrogen and oxygen atoms in total. The van der Waals surface area contributed by atoms with Gasteiger partial charge in [-0.25, -0.2) is 0 Å². The minimum Gasteiger partial charge on any atom is -0.365 e. The Labute approximate surface area is 196 Å². The molecule has 0 saturated heterocycles. The van der Waals surface area contributed by atoms with Crippen LogP contribution in [0.25, 0.3) is 16.8 Å². The number of fused-ring (bicyclic) bond motifs is 3. The van der Waals surface area contributed by atoms with Gasteiger partial charge >= 0.3 is 0 Å². The first-order valence-corrected chi connectivity index (χ1v) is 11.8. The van der Waals surface area contributed by atoms with Crippen LogP contribution >= 0.6 is 0 Å². The van der Waals surface area contributed by atoms with E-state index in [9.17, 15) is 0 Å². The number of nitrogens with zero attached hydrogens (tertiary/aromatic N) is 2. The molecule has 2 atom stereocenters. The van der Waals surface area contributed by atoms with Crippen molar-refractivity contribution in [3.8, 4) is 11.1 Å². The minimum absolute atomic E-state index is 0.262. The van der Waals surface area contributed by atoms with Crippen LogP contribution in [0.5, 0.6) is 0 Å². The van der Waals surface area contributed by atoms with E-state index in [0.717, 1.165) is 13.1 Å². The lowest BCUT2D eigenvalue weighted by Crippen LogP contribution is -2.35. The summed E-state index contributed by atoms with van der Waals surface area (Å²) < 4.78 is 0. The van der Waals surface area contributed by atoms with Gasteiger partial charge in [0.1, 0.15) is 0 Å². The summed E-state index contributed by atoms with van der Waals surface area (Å²) >= 11 is 0. The van der Waals surface area contributed by atoms with Crippen LogP contribution in [0.4, 0.5) is 0 Å². The van der Waals surface area contributed by atoms with Gasteiger partial charge in [-0.05, 0) is 47.4 Å². The third kappa shape index (κ3) is 3.62. The average molecular weight is 429 g/mol. The van der Waals surface area contributed by atoms with E-state index in [2.05, 4.69) is 132 Å². The van der Waals surface area contributed by atoms with Crippen molar-refractivity contribution in [3.63, 3.8) is 0 Å². The van der Waals surface area contributed by atoms with E-state index >= 15 is 0 Å². The number of hydrogen-bond donors (Lipinski definition) is 0. The molecule has 0 fully saturated rings. The van der Waals surface area contributed by atoms with Gasteiger partial charge in [-0.15, -0.1) is 0 Å². The zero-order valence-electron chi connectivity index (χ0n) is 18.9. The van der Waals surface area contributed by atoms with Gasteiger partial charge < -0.3 is 9.80 Å². The van der Waals surface area contributed by atoms with Crippen molar-refractivity contribution in [2.45, 2.75) is 19.0 Å². The van der Waals surface area contributed by atoms with E-state index < -0.39 is 0 Å². The predicted octanol–water partition coefficient (Wildman–Crippen LogP) is 7.14. The van der Waals surface area contributed by atoms with Crippen LogP contribution in [0.15, 0.2) is 121 Å². The number of hydrogen-bond acceptors (Lipinski definition) is 2. The smallest absolute Gasteiger partial charge is 0.0728 e. The highest BCUT2D eigenvalue weighted by atomic mass is 15.3. The number of benzene rings is 3. The first-order chi connectivity index (χ1) is 16.3. The molecule has 0 saturated carbocycles. The summed E-state index contributed by atoms with van der Waals surface area (Å²) in [6.07, 6.45) is 13.5. The number of allylic oxidation sites excluding steroid dienone is 4. The second kappa shape index (κ2) is 8.29. The van der Waals surface area contributed by atoms with Gasteiger partial charge in [0.25, 0.3) is 0 Å². The van der Waals surface area contributed by atoms with E-state index in [0.29, 0.717) is 6.04 Å². The summed E-state index contributed by atoms with van der Waals surface area (Å²) in [5, 5.41) is 0. The van der Waals surface area contributed by atoms with E-state index in [1.54, 1.807) is 0 Å². The molecule has 0 radical (unpaired) electrons. The van der Waals surface area contributed by atoms with E-state index in [1.807, 2.05) is 0 Å². The predicted molar refractivity (Wildman–Crippen MR) is 137 cm³/mol. The fourth-order valence-corrected chi connectivity index (χ4v) is 5.35. The molecule has 33 heavy (non-hydrogen) atoms. The van der Waals surface area contributed by atoms with Crippen LogP contribution in [0.3, 0.4) is 0 Å². The fraction of sp³-hybridized carbons (Fsp3) is 0.161. The van der Waals surface area contributed by atoms with Crippen LogP contribution in [0.1, 0.15) is 35.7 Å². The Morgan fingerprint density at radius 1 is 0.818 bits per heavy atom. The molecule has 162 valence electrons. The highest BCUT2D eigenvalue weighted by molar-refractivity contribution is 5.79. The van der Waals surface area contributed by atoms with Gasteiger partial charge in [0.05, 0.1) is 12.1 Å². The zero-order chi connectivity index (χ0) is 22.2. The minimum atomic E-state index is 0.262. The fourth-order valence-electron chi connectivity index (χ4n) is 5.35. The first-order valence-electron chi connectivity index (χ1n) is 11.8. The molecule has 3 heterocycles. The normalized spacial score (nSPS) is 20.9. The molecule has 0 N–H and O–H groups in total. The summed E-state index contributed by atoms with van der Waals surface area (Å²) in [5.41, 5.74) is 9.45. The summed E-state index contributed by atoms with van der Waals surface area (Å²) in [6.45, 7) is 4.16. The molecule has 0 spiro atoms. The van der Waals surface area contributed by atoms with Crippen LogP contribution in [-0.4, -0.2) is 22.9 Å². The summed E-state index contributed by atoms with van der Waals surface area (Å²) in [4.78, 5) is 5.09. The third-order valence-electron chi connectivity index (χ3n) is 6.99. The van der Waals surface area contributed by atoms with Crippen molar-refractivity contribution in [1.29, 1.82) is 0 Å². The molecular formula is C31H28N2. The Kier molecular flexibility index (Phi) is 4.99. The van der Waals surface area contributed by atoms with E-state index in [-0.39, 0.29) is 6.04 Å². The maximum Gasteiger partial charge on any atom is 0.0728 e. The molecule has 3 aliphatic heterocycles. The Bertz CT molecular complexity index is 1280. The van der Waals surface area contributed by atoms with Crippen molar-refractivity contribution in [2.75, 3.05) is 13.1 Å². The van der Waals surface area contributed by atoms with Crippen molar-refractivity contribution in [3.05, 3.63) is 138 Å². The standard InChI is InChI=1S/C31H28N2/c1-23-15-18-30-28-20-26(24-10-4-2-5-11-24)16-17-27(28)31(33(30)21-23)22-32-19-9-8-14-29(32)25-12-6-3-7-13-25/h2-20,29,31H,21-22H2,1H3. The molecule has 2 heteroatoms. The first kappa shape index (κ1) is 19.9. The van der Waals surface area contributed by atoms with Crippen molar-refractivity contribution in [1.82, 2.24) is 9.80 Å². The molecular weight excluding hydrogens is 400 g/mol. The van der Waals surface area contributed by atoms with E-state index in [1.165, 1.54) is 39.1 Å². The lowest BCUT2D eigenvalue weighted by Gasteiger charge is -2.37. The summed E-state index contributed by atoms with van der Waals surface area (Å²) in [7, 11) is 0. The largest absolute Gasteiger partial charge is 0.365 e. The van der Waals surface area contributed by atoms with Crippen molar-refractivity contribution >= 4 is 5.70 Å². The maximum absolute atomic E-state index is 2.60. The molecule has 0 amide bonds. The summed E-state index contributed by atoms with van der Waals surface area (Å²) in [5.74, 6) is 0. The Morgan fingerprint density at radius 2 is 1.61 bits per heavy atom. The number of rotatable bonds is 4. The molecule has 3 aromatic carbocycles. The van der Waals surface area contributed by atoms with Crippen LogP contribution in [0, 0.1) is 0 Å². The monoisotopic (exact) mass is 428 g/mol. The molecule has 3 aromatic rings. The van der Waals surface area contributed by atoms with Crippen LogP contribution in [-0.2, 0) is 0 Å². The Balaban J connectivity index is 1.38. The SMILES string of the molecule is CC1=CC=C2c3cc(-c4ccccc4)ccc3C(CN3C=CC=CC3c3ccccc3)N2C1. The molecule has 0 aliphatic carbocycles.